The Balaban J connectivity index is 1.19. The molecule has 2 aliphatic carbocycles. The molecule has 290 valence electrons. The molecule has 1 aromatic carbocycles. The Morgan fingerprint density at radius 1 is 1.13 bits per heavy atom. The highest BCUT2D eigenvalue weighted by atomic mass is 35.5. The van der Waals surface area contributed by atoms with Crippen molar-refractivity contribution in [1.82, 2.24) is 34.9 Å². The molecule has 3 fully saturated rings. The molecule has 3 amide bonds. The summed E-state index contributed by atoms with van der Waals surface area (Å²) in [6.45, 7) is 9.48. The highest BCUT2D eigenvalue weighted by Gasteiger charge is 2.62. The molecule has 3 aromatic heterocycles. The number of carbonyl (C=O) groups excluding carboxylic acids is 3. The summed E-state index contributed by atoms with van der Waals surface area (Å²) in [5.74, 6) is -1.64. The van der Waals surface area contributed by atoms with E-state index in [0.29, 0.717) is 50.9 Å². The first-order valence-corrected chi connectivity index (χ1v) is 20.5. The fourth-order valence-electron chi connectivity index (χ4n) is 6.80. The molecule has 3 aliphatic rings. The number of ether oxygens (including phenoxy) is 2. The first-order valence-electron chi connectivity index (χ1n) is 17.7. The minimum Gasteiger partial charge on any atom is -0.494 e. The third-order valence-corrected chi connectivity index (χ3v) is 12.9. The molecule has 15 nitrogen and oxygen atoms in total. The van der Waals surface area contributed by atoms with Crippen molar-refractivity contribution in [2.45, 2.75) is 75.4 Å². The number of sulfonamides is 1. The van der Waals surface area contributed by atoms with Crippen molar-refractivity contribution in [2.75, 3.05) is 19.0 Å². The average molecular weight is 809 g/mol. The molecular formula is C37H41ClN8O7S2. The molecule has 5 atom stereocenters. The highest BCUT2D eigenvalue weighted by Crippen LogP contribution is 2.46. The number of aromatic nitrogens is 4. The molecule has 4 heterocycles. The number of nitrogens with zero attached hydrogens (tertiary/aromatic N) is 5. The molecule has 1 saturated heterocycles. The molecule has 4 aromatic rings. The van der Waals surface area contributed by atoms with Crippen LogP contribution in [0.2, 0.25) is 5.02 Å². The number of hydrogen-bond acceptors (Lipinski definition) is 13. The summed E-state index contributed by atoms with van der Waals surface area (Å²) in [6.07, 6.45) is 8.16. The van der Waals surface area contributed by atoms with Gasteiger partial charge in [-0.1, -0.05) is 38.4 Å². The first-order chi connectivity index (χ1) is 26.1. The summed E-state index contributed by atoms with van der Waals surface area (Å²) in [7, 11) is -2.37. The van der Waals surface area contributed by atoms with E-state index in [1.807, 2.05) is 26.2 Å². The van der Waals surface area contributed by atoms with Crippen LogP contribution < -0.4 is 24.8 Å². The van der Waals surface area contributed by atoms with Gasteiger partial charge in [0.1, 0.15) is 40.9 Å². The van der Waals surface area contributed by atoms with Gasteiger partial charge in [0, 0.05) is 45.9 Å². The minimum absolute atomic E-state index is 0.0101. The number of amides is 3. The van der Waals surface area contributed by atoms with Crippen molar-refractivity contribution in [3.05, 3.63) is 66.0 Å². The predicted octanol–water partition coefficient (Wildman–Crippen LogP) is 4.35. The van der Waals surface area contributed by atoms with E-state index in [-0.39, 0.29) is 25.3 Å². The monoisotopic (exact) mass is 808 g/mol. The van der Waals surface area contributed by atoms with Gasteiger partial charge in [0.2, 0.25) is 27.7 Å². The molecule has 0 unspecified atom stereocenters. The van der Waals surface area contributed by atoms with E-state index in [1.165, 1.54) is 35.6 Å². The molecule has 3 N–H and O–H groups in total. The van der Waals surface area contributed by atoms with Crippen molar-refractivity contribution >= 4 is 66.6 Å². The zero-order valence-corrected chi connectivity index (χ0v) is 33.0. The molecule has 7 rings (SSSR count). The van der Waals surface area contributed by atoms with Crippen molar-refractivity contribution < 1.29 is 32.3 Å². The number of methoxy groups -OCH3 is 1. The van der Waals surface area contributed by atoms with Gasteiger partial charge < -0.3 is 25.0 Å². The number of hydrogen-bond donors (Lipinski definition) is 3. The van der Waals surface area contributed by atoms with Gasteiger partial charge in [0.25, 0.3) is 5.91 Å². The van der Waals surface area contributed by atoms with E-state index in [4.69, 9.17) is 21.1 Å². The van der Waals surface area contributed by atoms with E-state index in [2.05, 4.69) is 41.9 Å². The quantitative estimate of drug-likeness (QED) is 0.162. The lowest BCUT2D eigenvalue weighted by molar-refractivity contribution is -0.141. The SMILES string of the molecule is C=C[C@@H]1C[C@]1(NC(=O)[C@@H]1C[C@@H](Oc2ncc(OC)c3ccc(Cl)cc23)CN1C(=O)[C@@H](Nc1nc(-c2cnccn2)cs1)C(C)(C)C)C(=O)NS(=O)(=O)C1CC1. The lowest BCUT2D eigenvalue weighted by atomic mass is 9.85. The molecular weight excluding hydrogens is 768 g/mol. The number of thiazole rings is 1. The summed E-state index contributed by atoms with van der Waals surface area (Å²) >= 11 is 7.66. The van der Waals surface area contributed by atoms with Crippen LogP contribution in [-0.2, 0) is 24.4 Å². The van der Waals surface area contributed by atoms with Gasteiger partial charge in [-0.25, -0.2) is 18.4 Å². The van der Waals surface area contributed by atoms with Gasteiger partial charge in [-0.15, -0.1) is 17.9 Å². The smallest absolute Gasteiger partial charge is 0.259 e. The molecule has 18 heteroatoms. The Hall–Kier alpha value is -4.87. The number of rotatable bonds is 13. The number of fused-ring (bicyclic) bond motifs is 1. The second kappa shape index (κ2) is 14.7. The van der Waals surface area contributed by atoms with Gasteiger partial charge in [-0.05, 0) is 42.9 Å². The number of benzene rings is 1. The minimum atomic E-state index is -3.90. The third kappa shape index (κ3) is 7.82. The van der Waals surface area contributed by atoms with Crippen LogP contribution in [0.5, 0.6) is 11.6 Å². The van der Waals surface area contributed by atoms with Gasteiger partial charge in [-0.3, -0.25) is 29.1 Å². The molecule has 1 aliphatic heterocycles. The van der Waals surface area contributed by atoms with Crippen LogP contribution in [-0.4, -0.2) is 93.6 Å². The Morgan fingerprint density at radius 2 is 1.91 bits per heavy atom. The summed E-state index contributed by atoms with van der Waals surface area (Å²) in [5.41, 5.74) is -1.06. The Kier molecular flexibility index (Phi) is 10.2. The maximum absolute atomic E-state index is 14.8. The molecule has 2 saturated carbocycles. The number of carbonyl (C=O) groups is 3. The first kappa shape index (κ1) is 38.4. The van der Waals surface area contributed by atoms with E-state index >= 15 is 0 Å². The summed E-state index contributed by atoms with van der Waals surface area (Å²) in [6, 6.07) is 3.23. The van der Waals surface area contributed by atoms with Crippen LogP contribution in [0.25, 0.3) is 22.2 Å². The number of anilines is 1. The van der Waals surface area contributed by atoms with Crippen LogP contribution in [0.15, 0.2) is 61.0 Å². The maximum atomic E-state index is 14.8. The third-order valence-electron chi connectivity index (χ3n) is 10.1. The van der Waals surface area contributed by atoms with Crippen LogP contribution in [0.4, 0.5) is 5.13 Å². The summed E-state index contributed by atoms with van der Waals surface area (Å²) < 4.78 is 39.6. The fraction of sp³-hybridized carbons (Fsp3) is 0.432. The van der Waals surface area contributed by atoms with E-state index in [0.717, 1.165) is 0 Å². The lowest BCUT2D eigenvalue weighted by Gasteiger charge is -2.35. The fourth-order valence-corrected chi connectivity index (χ4v) is 9.07. The Labute approximate surface area is 327 Å². The van der Waals surface area contributed by atoms with Crippen molar-refractivity contribution in [2.24, 2.45) is 11.3 Å². The van der Waals surface area contributed by atoms with Crippen LogP contribution >= 0.6 is 22.9 Å². The van der Waals surface area contributed by atoms with Crippen LogP contribution in [0.1, 0.15) is 46.5 Å². The average Bonchev–Trinajstić information content (AvgIpc) is 4.04. The zero-order valence-electron chi connectivity index (χ0n) is 30.6. The van der Waals surface area contributed by atoms with E-state index < -0.39 is 68.1 Å². The Morgan fingerprint density at radius 3 is 2.56 bits per heavy atom. The summed E-state index contributed by atoms with van der Waals surface area (Å²) in [5, 5.41) is 9.50. The normalized spacial score (nSPS) is 22.8. The van der Waals surface area contributed by atoms with Crippen LogP contribution in [0, 0.1) is 11.3 Å². The standard InChI is InChI=1S/C37H41ClN8O7S2/c1-6-20-15-37(20,34(49)45-55(50,51)23-8-9-23)44-31(47)28-14-22(53-32-25-13-21(38)7-10-24(25)29(52-5)17-41-32)18-46(28)33(48)30(36(2,3)4)43-35-42-27(19-54-35)26-16-39-11-12-40-26/h6-7,10-13,16-17,19-20,22-23,28,30H,1,8-9,14-15,18H2,2-5H3,(H,42,43)(H,44,47)(H,45,49)/t20-,22-,28+,30-,37-/m1/s1. The second-order valence-electron chi connectivity index (χ2n) is 15.1. The van der Waals surface area contributed by atoms with Gasteiger partial charge in [-0.2, -0.15) is 0 Å². The topological polar surface area (TPSA) is 195 Å². The van der Waals surface area contributed by atoms with Crippen LogP contribution in [0.3, 0.4) is 0 Å². The number of nitrogens with one attached hydrogen (secondary N) is 3. The van der Waals surface area contributed by atoms with Gasteiger partial charge in [0.15, 0.2) is 5.13 Å². The predicted molar refractivity (Wildman–Crippen MR) is 207 cm³/mol. The number of halogens is 1. The molecule has 0 bridgehead atoms. The van der Waals surface area contributed by atoms with Gasteiger partial charge in [0.05, 0.1) is 31.3 Å². The van der Waals surface area contributed by atoms with E-state index in [9.17, 15) is 22.8 Å². The van der Waals surface area contributed by atoms with Crippen molar-refractivity contribution in [3.63, 3.8) is 0 Å². The van der Waals surface area contributed by atoms with Crippen molar-refractivity contribution in [3.8, 4) is 23.0 Å². The number of likely N-dealkylation sites (tertiary alicyclic amines) is 1. The zero-order chi connectivity index (χ0) is 39.3. The number of pyridine rings is 1. The van der Waals surface area contributed by atoms with Crippen molar-refractivity contribution in [1.29, 1.82) is 0 Å². The molecule has 55 heavy (non-hydrogen) atoms. The second-order valence-corrected chi connectivity index (χ2v) is 18.3. The van der Waals surface area contributed by atoms with E-state index in [1.54, 1.807) is 36.8 Å². The lowest BCUT2D eigenvalue weighted by Crippen LogP contribution is -2.58. The highest BCUT2D eigenvalue weighted by molar-refractivity contribution is 7.91. The van der Waals surface area contributed by atoms with Gasteiger partial charge >= 0.3 is 0 Å². The molecule has 0 spiro atoms. The maximum Gasteiger partial charge on any atom is 0.259 e. The molecule has 0 radical (unpaired) electrons. The summed E-state index contributed by atoms with van der Waals surface area (Å²) in [4.78, 5) is 61.8. The largest absolute Gasteiger partial charge is 0.494 e. The Bertz CT molecular complexity index is 2260.